The van der Waals surface area contributed by atoms with E-state index in [1.165, 1.54) is 16.7 Å². The minimum absolute atomic E-state index is 0.108. The Morgan fingerprint density at radius 3 is 2.33 bits per heavy atom. The number of rotatable bonds is 5. The summed E-state index contributed by atoms with van der Waals surface area (Å²) in [6.45, 7) is 3.48. The number of hydrogen-bond donors (Lipinski definition) is 2. The normalized spacial score (nSPS) is 10.6. The number of aromatic nitrogens is 2. The largest absolute Gasteiger partial charge is 0.465 e. The molecule has 0 aliphatic heterocycles. The van der Waals surface area contributed by atoms with Crippen LogP contribution >= 0.6 is 23.6 Å². The van der Waals surface area contributed by atoms with Crippen LogP contribution in [0.3, 0.4) is 0 Å². The quantitative estimate of drug-likeness (QED) is 0.421. The number of methoxy groups -OCH3 is 1. The molecule has 3 rings (SSSR count). The molecule has 0 atom stereocenters. The molecule has 0 saturated carbocycles. The van der Waals surface area contributed by atoms with Gasteiger partial charge in [-0.25, -0.2) is 9.48 Å². The third-order valence-electron chi connectivity index (χ3n) is 5.16. The van der Waals surface area contributed by atoms with E-state index in [4.69, 9.17) is 17.0 Å². The third-order valence-corrected chi connectivity index (χ3v) is 6.56. The van der Waals surface area contributed by atoms with Crippen molar-refractivity contribution in [3.8, 4) is 5.69 Å². The first-order valence-corrected chi connectivity index (χ1v) is 11.2. The fourth-order valence-corrected chi connectivity index (χ4v) is 4.81. The average Bonchev–Trinajstić information content (AvgIpc) is 3.21. The molecule has 0 unspecified atom stereocenters. The monoisotopic (exact) mass is 487 g/mol. The number of hydrogen-bond acceptors (Lipinski definition) is 6. The molecule has 9 nitrogen and oxygen atoms in total. The summed E-state index contributed by atoms with van der Waals surface area (Å²) in [6.07, 6.45) is 0. The van der Waals surface area contributed by atoms with Crippen molar-refractivity contribution in [1.82, 2.24) is 14.3 Å². The predicted molar refractivity (Wildman–Crippen MR) is 134 cm³/mol. The summed E-state index contributed by atoms with van der Waals surface area (Å²) in [6, 6.07) is 9.25. The second kappa shape index (κ2) is 9.59. The number of carbonyl (C=O) groups excluding carboxylic acids is 2. The van der Waals surface area contributed by atoms with Gasteiger partial charge in [0.05, 0.1) is 28.9 Å². The summed E-state index contributed by atoms with van der Waals surface area (Å²) < 4.78 is 8.16. The van der Waals surface area contributed by atoms with Gasteiger partial charge in [0.2, 0.25) is 0 Å². The van der Waals surface area contributed by atoms with Crippen molar-refractivity contribution in [2.24, 2.45) is 7.05 Å². The molecule has 2 aromatic heterocycles. The number of anilines is 2. The molecule has 0 radical (unpaired) electrons. The van der Waals surface area contributed by atoms with E-state index in [1.54, 1.807) is 39.7 Å². The van der Waals surface area contributed by atoms with Crippen molar-refractivity contribution < 1.29 is 14.3 Å². The number of thiophene rings is 1. The number of thiocarbonyl (C=S) groups is 1. The van der Waals surface area contributed by atoms with Crippen LogP contribution in [0.4, 0.5) is 10.7 Å². The predicted octanol–water partition coefficient (Wildman–Crippen LogP) is 3.15. The highest BCUT2D eigenvalue weighted by atomic mass is 32.1. The van der Waals surface area contributed by atoms with E-state index in [1.807, 2.05) is 30.3 Å². The smallest absolute Gasteiger partial charge is 0.341 e. The molecule has 3 aromatic rings. The van der Waals surface area contributed by atoms with E-state index in [0.717, 1.165) is 11.3 Å². The molecule has 174 valence electrons. The Morgan fingerprint density at radius 1 is 1.12 bits per heavy atom. The van der Waals surface area contributed by atoms with Gasteiger partial charge in [0.25, 0.3) is 11.5 Å². The number of carbonyl (C=O) groups is 2. The minimum atomic E-state index is -0.589. The van der Waals surface area contributed by atoms with Crippen LogP contribution in [-0.4, -0.2) is 52.5 Å². The molecule has 33 heavy (non-hydrogen) atoms. The highest BCUT2D eigenvalue weighted by Crippen LogP contribution is 2.34. The van der Waals surface area contributed by atoms with Gasteiger partial charge in [-0.05, 0) is 43.8 Å². The molecule has 0 fully saturated rings. The summed E-state index contributed by atoms with van der Waals surface area (Å²) in [5.41, 5.74) is 2.14. The fourth-order valence-electron chi connectivity index (χ4n) is 3.32. The van der Waals surface area contributed by atoms with Crippen LogP contribution in [0.2, 0.25) is 0 Å². The van der Waals surface area contributed by atoms with Crippen molar-refractivity contribution in [3.05, 3.63) is 62.4 Å². The summed E-state index contributed by atoms with van der Waals surface area (Å²) >= 11 is 6.54. The first-order chi connectivity index (χ1) is 15.6. The molecule has 2 N–H and O–H groups in total. The zero-order chi connectivity index (χ0) is 24.4. The molecule has 0 aliphatic carbocycles. The van der Waals surface area contributed by atoms with Crippen molar-refractivity contribution in [2.75, 3.05) is 31.8 Å². The average molecular weight is 488 g/mol. The number of nitrogens with one attached hydrogen (secondary N) is 2. The van der Waals surface area contributed by atoms with Crippen LogP contribution in [0.25, 0.3) is 5.69 Å². The number of benzene rings is 1. The Morgan fingerprint density at radius 2 is 1.76 bits per heavy atom. The zero-order valence-corrected chi connectivity index (χ0v) is 20.8. The molecule has 1 amide bonds. The second-order valence-electron chi connectivity index (χ2n) is 7.47. The summed E-state index contributed by atoms with van der Waals surface area (Å²) in [4.78, 5) is 39.9. The SMILES string of the molecule is COC(=O)c1c(NC(=S)Nc2c(C)n(C)n(-c3ccccc3)c2=O)sc(C(=O)N(C)C)c1C. The maximum atomic E-state index is 13.1. The van der Waals surface area contributed by atoms with Gasteiger partial charge in [-0.1, -0.05) is 18.2 Å². The van der Waals surface area contributed by atoms with Crippen LogP contribution in [-0.2, 0) is 11.8 Å². The van der Waals surface area contributed by atoms with Gasteiger partial charge < -0.3 is 20.3 Å². The van der Waals surface area contributed by atoms with Gasteiger partial charge in [-0.2, -0.15) is 0 Å². The minimum Gasteiger partial charge on any atom is -0.465 e. The maximum absolute atomic E-state index is 13.1. The molecule has 0 spiro atoms. The fraction of sp³-hybridized carbons (Fsp3) is 0.273. The van der Waals surface area contributed by atoms with E-state index in [2.05, 4.69) is 10.6 Å². The second-order valence-corrected chi connectivity index (χ2v) is 8.90. The van der Waals surface area contributed by atoms with E-state index < -0.39 is 5.97 Å². The Hall–Kier alpha value is -3.44. The molecular weight excluding hydrogens is 462 g/mol. The molecule has 0 aliphatic rings. The van der Waals surface area contributed by atoms with Crippen molar-refractivity contribution >= 4 is 51.2 Å². The number of ether oxygens (including phenoxy) is 1. The molecule has 0 bridgehead atoms. The first-order valence-electron chi connectivity index (χ1n) is 9.93. The maximum Gasteiger partial charge on any atom is 0.341 e. The number of para-hydroxylation sites is 1. The van der Waals surface area contributed by atoms with Crippen LogP contribution in [0.5, 0.6) is 0 Å². The Kier molecular flexibility index (Phi) is 7.04. The van der Waals surface area contributed by atoms with Crippen LogP contribution in [0, 0.1) is 13.8 Å². The molecule has 1 aromatic carbocycles. The van der Waals surface area contributed by atoms with Gasteiger partial charge in [0.1, 0.15) is 10.7 Å². The molecule has 11 heteroatoms. The lowest BCUT2D eigenvalue weighted by molar-refractivity contribution is 0.0601. The van der Waals surface area contributed by atoms with Crippen LogP contribution in [0.15, 0.2) is 35.1 Å². The lowest BCUT2D eigenvalue weighted by Gasteiger charge is -2.10. The van der Waals surface area contributed by atoms with E-state index in [0.29, 0.717) is 32.5 Å². The lowest BCUT2D eigenvalue weighted by Crippen LogP contribution is -2.25. The summed E-state index contributed by atoms with van der Waals surface area (Å²) in [5, 5.41) is 6.38. The van der Waals surface area contributed by atoms with Gasteiger partial charge in [-0.15, -0.1) is 11.3 Å². The van der Waals surface area contributed by atoms with E-state index >= 15 is 0 Å². The summed E-state index contributed by atoms with van der Waals surface area (Å²) in [5.74, 6) is -0.826. The van der Waals surface area contributed by atoms with Crippen molar-refractivity contribution in [3.63, 3.8) is 0 Å². The standard InChI is InChI=1S/C22H25N5O4S2/c1-12-15(21(30)31-6)18(33-17(12)20(29)25(3)4)24-22(32)23-16-13(2)26(5)27(19(16)28)14-10-8-7-9-11-14/h7-11H,1-6H3,(H2,23,24,32). The van der Waals surface area contributed by atoms with E-state index in [-0.39, 0.29) is 22.1 Å². The van der Waals surface area contributed by atoms with Crippen LogP contribution in [0.1, 0.15) is 31.3 Å². The molecular formula is C22H25N5O4S2. The highest BCUT2D eigenvalue weighted by molar-refractivity contribution is 7.80. The lowest BCUT2D eigenvalue weighted by atomic mass is 10.1. The van der Waals surface area contributed by atoms with Gasteiger partial charge in [-0.3, -0.25) is 14.3 Å². The first kappa shape index (κ1) is 24.2. The van der Waals surface area contributed by atoms with Gasteiger partial charge >= 0.3 is 5.97 Å². The number of nitrogens with zero attached hydrogens (tertiary/aromatic N) is 3. The molecule has 0 saturated heterocycles. The van der Waals surface area contributed by atoms with E-state index in [9.17, 15) is 14.4 Å². The Labute approximate surface area is 200 Å². The summed E-state index contributed by atoms with van der Waals surface area (Å²) in [7, 11) is 6.32. The topological polar surface area (TPSA) is 97.6 Å². The molecule has 2 heterocycles. The van der Waals surface area contributed by atoms with Gasteiger partial charge in [0, 0.05) is 21.1 Å². The highest BCUT2D eigenvalue weighted by Gasteiger charge is 2.27. The van der Waals surface area contributed by atoms with Crippen molar-refractivity contribution in [1.29, 1.82) is 0 Å². The van der Waals surface area contributed by atoms with Gasteiger partial charge in [0.15, 0.2) is 5.11 Å². The number of esters is 1. The Balaban J connectivity index is 1.95. The van der Waals surface area contributed by atoms with Crippen LogP contribution < -0.4 is 16.2 Å². The number of amides is 1. The third kappa shape index (κ3) is 4.55. The van der Waals surface area contributed by atoms with Crippen molar-refractivity contribution in [2.45, 2.75) is 13.8 Å². The zero-order valence-electron chi connectivity index (χ0n) is 19.2. The Bertz CT molecular complexity index is 1290.